The normalized spacial score (nSPS) is 17.5. The minimum absolute atomic E-state index is 0.107. The molecule has 0 unspecified atom stereocenters. The molecular weight excluding hydrogens is 258 g/mol. The van der Waals surface area contributed by atoms with Crippen molar-refractivity contribution in [3.63, 3.8) is 0 Å². The molecular formula is C11H14BrNO2. The molecule has 4 heteroatoms. The van der Waals surface area contributed by atoms with E-state index in [4.69, 9.17) is 4.42 Å². The molecule has 1 heterocycles. The molecule has 0 aromatic carbocycles. The Bertz CT molecular complexity index is 368. The highest BCUT2D eigenvalue weighted by molar-refractivity contribution is 9.09. The highest BCUT2D eigenvalue weighted by Gasteiger charge is 2.41. The predicted octanol–water partition coefficient (Wildman–Crippen LogP) is 2.49. The fourth-order valence-corrected chi connectivity index (χ4v) is 2.25. The lowest BCUT2D eigenvalue weighted by molar-refractivity contribution is 0.0918. The Morgan fingerprint density at radius 1 is 1.67 bits per heavy atom. The summed E-state index contributed by atoms with van der Waals surface area (Å²) in [5.74, 6) is 0.324. The molecule has 3 nitrogen and oxygen atoms in total. The van der Waals surface area contributed by atoms with Crippen LogP contribution in [0, 0.1) is 12.3 Å². The number of hydrogen-bond acceptors (Lipinski definition) is 2. The number of furan rings is 1. The predicted molar refractivity (Wildman–Crippen MR) is 61.2 cm³/mol. The average Bonchev–Trinajstić information content (AvgIpc) is 2.91. The second kappa shape index (κ2) is 4.00. The molecule has 1 aliphatic rings. The van der Waals surface area contributed by atoms with E-state index in [1.165, 1.54) is 12.8 Å². The number of halogens is 1. The molecule has 0 spiro atoms. The monoisotopic (exact) mass is 271 g/mol. The van der Waals surface area contributed by atoms with Crippen LogP contribution in [0.5, 0.6) is 0 Å². The van der Waals surface area contributed by atoms with Crippen LogP contribution in [-0.4, -0.2) is 17.8 Å². The molecule has 1 saturated carbocycles. The van der Waals surface area contributed by atoms with E-state index in [1.807, 2.05) is 6.92 Å². The third-order valence-electron chi connectivity index (χ3n) is 2.93. The van der Waals surface area contributed by atoms with Crippen molar-refractivity contribution in [1.29, 1.82) is 0 Å². The van der Waals surface area contributed by atoms with Crippen LogP contribution < -0.4 is 5.32 Å². The molecule has 1 aromatic heterocycles. The molecule has 0 radical (unpaired) electrons. The Labute approximate surface area is 97.4 Å². The third kappa shape index (κ3) is 2.25. The standard InChI is InChI=1S/C11H14BrNO2/c1-8-2-5-15-9(8)10(14)13-7-11(6-12)3-4-11/h2,5H,3-4,6-7H2,1H3,(H,13,14). The summed E-state index contributed by atoms with van der Waals surface area (Å²) in [5, 5.41) is 3.87. The first-order valence-corrected chi connectivity index (χ1v) is 6.17. The van der Waals surface area contributed by atoms with E-state index in [9.17, 15) is 4.79 Å². The van der Waals surface area contributed by atoms with Crippen LogP contribution in [0.3, 0.4) is 0 Å². The zero-order valence-electron chi connectivity index (χ0n) is 8.68. The minimum Gasteiger partial charge on any atom is -0.459 e. The number of amides is 1. The first-order chi connectivity index (χ1) is 7.17. The van der Waals surface area contributed by atoms with E-state index in [2.05, 4.69) is 21.2 Å². The number of carbonyl (C=O) groups is 1. The number of hydrogen-bond donors (Lipinski definition) is 1. The highest BCUT2D eigenvalue weighted by atomic mass is 79.9. The van der Waals surface area contributed by atoms with Crippen LogP contribution in [0.2, 0.25) is 0 Å². The molecule has 1 aliphatic carbocycles. The molecule has 0 atom stereocenters. The number of rotatable bonds is 4. The lowest BCUT2D eigenvalue weighted by Gasteiger charge is -2.11. The summed E-state index contributed by atoms with van der Waals surface area (Å²) in [6, 6.07) is 1.80. The lowest BCUT2D eigenvalue weighted by Crippen LogP contribution is -2.31. The second-order valence-corrected chi connectivity index (χ2v) is 4.81. The maximum absolute atomic E-state index is 11.7. The summed E-state index contributed by atoms with van der Waals surface area (Å²) in [7, 11) is 0. The fraction of sp³-hybridized carbons (Fsp3) is 0.545. The van der Waals surface area contributed by atoms with Gasteiger partial charge in [0.2, 0.25) is 0 Å². The number of carbonyl (C=O) groups excluding carboxylic acids is 1. The van der Waals surface area contributed by atoms with E-state index < -0.39 is 0 Å². The van der Waals surface area contributed by atoms with Crippen molar-refractivity contribution in [2.75, 3.05) is 11.9 Å². The van der Waals surface area contributed by atoms with Gasteiger partial charge in [0.25, 0.3) is 5.91 Å². The van der Waals surface area contributed by atoms with Crippen molar-refractivity contribution >= 4 is 21.8 Å². The molecule has 1 N–H and O–H groups in total. The Balaban J connectivity index is 1.91. The van der Waals surface area contributed by atoms with Crippen molar-refractivity contribution in [3.05, 3.63) is 23.7 Å². The van der Waals surface area contributed by atoms with Crippen LogP contribution in [0.25, 0.3) is 0 Å². The fourth-order valence-electron chi connectivity index (χ4n) is 1.49. The first-order valence-electron chi connectivity index (χ1n) is 5.05. The molecule has 1 amide bonds. The zero-order chi connectivity index (χ0) is 10.9. The minimum atomic E-state index is -0.107. The number of aryl methyl sites for hydroxylation is 1. The molecule has 0 saturated heterocycles. The van der Waals surface area contributed by atoms with Gasteiger partial charge < -0.3 is 9.73 Å². The summed E-state index contributed by atoms with van der Waals surface area (Å²) in [4.78, 5) is 11.7. The summed E-state index contributed by atoms with van der Waals surface area (Å²) < 4.78 is 5.12. The molecule has 1 aromatic rings. The van der Waals surface area contributed by atoms with Crippen molar-refractivity contribution in [2.45, 2.75) is 19.8 Å². The Morgan fingerprint density at radius 2 is 2.40 bits per heavy atom. The van der Waals surface area contributed by atoms with Crippen LogP contribution in [-0.2, 0) is 0 Å². The summed E-state index contributed by atoms with van der Waals surface area (Å²) in [6.45, 7) is 2.60. The van der Waals surface area contributed by atoms with E-state index >= 15 is 0 Å². The Morgan fingerprint density at radius 3 is 2.87 bits per heavy atom. The van der Waals surface area contributed by atoms with Gasteiger partial charge in [0.05, 0.1) is 6.26 Å². The summed E-state index contributed by atoms with van der Waals surface area (Å²) >= 11 is 3.47. The Kier molecular flexibility index (Phi) is 2.87. The number of nitrogens with one attached hydrogen (secondary N) is 1. The van der Waals surface area contributed by atoms with Gasteiger partial charge in [-0.2, -0.15) is 0 Å². The highest BCUT2D eigenvalue weighted by Crippen LogP contribution is 2.46. The largest absolute Gasteiger partial charge is 0.459 e. The molecule has 0 aliphatic heterocycles. The van der Waals surface area contributed by atoms with Gasteiger partial charge in [0.15, 0.2) is 5.76 Å². The summed E-state index contributed by atoms with van der Waals surface area (Å²) in [5.41, 5.74) is 1.19. The Hall–Kier alpha value is -0.770. The maximum atomic E-state index is 11.7. The van der Waals surface area contributed by atoms with Crippen molar-refractivity contribution < 1.29 is 9.21 Å². The van der Waals surface area contributed by atoms with Crippen molar-refractivity contribution in [3.8, 4) is 0 Å². The number of alkyl halides is 1. The van der Waals surface area contributed by atoms with Gasteiger partial charge in [0.1, 0.15) is 0 Å². The van der Waals surface area contributed by atoms with E-state index in [0.717, 1.165) is 17.4 Å². The zero-order valence-corrected chi connectivity index (χ0v) is 10.3. The van der Waals surface area contributed by atoms with Crippen LogP contribution in [0.15, 0.2) is 16.7 Å². The third-order valence-corrected chi connectivity index (χ3v) is 4.12. The first kappa shape index (κ1) is 10.7. The van der Waals surface area contributed by atoms with Gasteiger partial charge in [-0.25, -0.2) is 0 Å². The van der Waals surface area contributed by atoms with Crippen molar-refractivity contribution in [1.82, 2.24) is 5.32 Å². The van der Waals surface area contributed by atoms with E-state index in [0.29, 0.717) is 11.2 Å². The van der Waals surface area contributed by atoms with Gasteiger partial charge in [-0.05, 0) is 31.2 Å². The molecule has 0 bridgehead atoms. The van der Waals surface area contributed by atoms with Crippen LogP contribution >= 0.6 is 15.9 Å². The maximum Gasteiger partial charge on any atom is 0.287 e. The van der Waals surface area contributed by atoms with Gasteiger partial charge in [0, 0.05) is 17.4 Å². The summed E-state index contributed by atoms with van der Waals surface area (Å²) in [6.07, 6.45) is 3.92. The van der Waals surface area contributed by atoms with Crippen molar-refractivity contribution in [2.24, 2.45) is 5.41 Å². The SMILES string of the molecule is Cc1ccoc1C(=O)NCC1(CBr)CC1. The van der Waals surface area contributed by atoms with Gasteiger partial charge in [-0.15, -0.1) is 0 Å². The molecule has 82 valence electrons. The lowest BCUT2D eigenvalue weighted by atomic mass is 10.1. The van der Waals surface area contributed by atoms with Gasteiger partial charge in [-0.1, -0.05) is 15.9 Å². The second-order valence-electron chi connectivity index (χ2n) is 4.25. The quantitative estimate of drug-likeness (QED) is 0.856. The van der Waals surface area contributed by atoms with Crippen LogP contribution in [0.4, 0.5) is 0 Å². The topological polar surface area (TPSA) is 42.2 Å². The van der Waals surface area contributed by atoms with Crippen LogP contribution in [0.1, 0.15) is 29.0 Å². The average molecular weight is 272 g/mol. The molecule has 2 rings (SSSR count). The molecule has 15 heavy (non-hydrogen) atoms. The van der Waals surface area contributed by atoms with E-state index in [-0.39, 0.29) is 5.91 Å². The van der Waals surface area contributed by atoms with E-state index in [1.54, 1.807) is 12.3 Å². The smallest absolute Gasteiger partial charge is 0.287 e. The van der Waals surface area contributed by atoms with Gasteiger partial charge >= 0.3 is 0 Å². The molecule has 1 fully saturated rings. The van der Waals surface area contributed by atoms with Gasteiger partial charge in [-0.3, -0.25) is 4.79 Å².